The molecule has 3 aromatic heterocycles. The summed E-state index contributed by atoms with van der Waals surface area (Å²) in [6, 6.07) is 14.8. The van der Waals surface area contributed by atoms with Crippen molar-refractivity contribution < 1.29 is 8.83 Å². The van der Waals surface area contributed by atoms with Crippen LogP contribution in [0.25, 0.3) is 22.4 Å². The van der Waals surface area contributed by atoms with Crippen LogP contribution in [0.15, 0.2) is 74.7 Å². The Bertz CT molecular complexity index is 963. The molecule has 4 aromatic rings. The summed E-state index contributed by atoms with van der Waals surface area (Å²) in [6.07, 6.45) is 3.62. The molecule has 22 heavy (non-hydrogen) atoms. The van der Waals surface area contributed by atoms with Crippen molar-refractivity contribution in [3.8, 4) is 11.5 Å². The summed E-state index contributed by atoms with van der Waals surface area (Å²) in [7, 11) is 0. The lowest BCUT2D eigenvalue weighted by molar-refractivity contribution is 0.520. The molecule has 108 valence electrons. The van der Waals surface area contributed by atoms with E-state index in [1.54, 1.807) is 18.6 Å². The van der Waals surface area contributed by atoms with E-state index in [1.165, 1.54) is 0 Å². The first-order chi connectivity index (χ1) is 10.8. The van der Waals surface area contributed by atoms with E-state index in [0.717, 1.165) is 11.3 Å². The van der Waals surface area contributed by atoms with E-state index < -0.39 is 0 Å². The van der Waals surface area contributed by atoms with Crippen molar-refractivity contribution in [3.05, 3.63) is 82.6 Å². The molecule has 1 aromatic carbocycles. The molecule has 0 saturated heterocycles. The van der Waals surface area contributed by atoms with E-state index in [-0.39, 0.29) is 5.43 Å². The van der Waals surface area contributed by atoms with Crippen molar-refractivity contribution in [1.29, 1.82) is 0 Å². The summed E-state index contributed by atoms with van der Waals surface area (Å²) in [5.74, 6) is 1.39. The molecule has 0 amide bonds. The van der Waals surface area contributed by atoms with E-state index in [4.69, 9.17) is 8.83 Å². The zero-order valence-corrected chi connectivity index (χ0v) is 11.7. The Hall–Kier alpha value is -3.01. The second kappa shape index (κ2) is 5.07. The Morgan fingerprint density at radius 1 is 0.909 bits per heavy atom. The number of fused-ring (bicyclic) bond motifs is 1. The van der Waals surface area contributed by atoms with Crippen molar-refractivity contribution in [1.82, 2.24) is 4.98 Å². The van der Waals surface area contributed by atoms with Crippen LogP contribution in [0.5, 0.6) is 0 Å². The minimum atomic E-state index is -0.00264. The normalized spacial score (nSPS) is 11.1. The van der Waals surface area contributed by atoms with Gasteiger partial charge in [-0.1, -0.05) is 12.1 Å². The second-order valence-electron chi connectivity index (χ2n) is 5.09. The first-order valence-electron chi connectivity index (χ1n) is 7.03. The zero-order valence-electron chi connectivity index (χ0n) is 11.7. The Kier molecular flexibility index (Phi) is 2.93. The summed E-state index contributed by atoms with van der Waals surface area (Å²) >= 11 is 0. The molecule has 4 heteroatoms. The Morgan fingerprint density at radius 2 is 1.73 bits per heavy atom. The highest BCUT2D eigenvalue weighted by Crippen LogP contribution is 2.24. The first-order valence-corrected chi connectivity index (χ1v) is 7.03. The minimum absolute atomic E-state index is 0.00264. The molecular weight excluding hydrogens is 278 g/mol. The van der Waals surface area contributed by atoms with Crippen molar-refractivity contribution in [3.63, 3.8) is 0 Å². The number of hydrogen-bond donors (Lipinski definition) is 1. The first kappa shape index (κ1) is 12.7. The zero-order chi connectivity index (χ0) is 14.9. The molecule has 4 rings (SSSR count). The van der Waals surface area contributed by atoms with Gasteiger partial charge in [-0.05, 0) is 36.4 Å². The van der Waals surface area contributed by atoms with Crippen LogP contribution in [0.3, 0.4) is 0 Å². The second-order valence-corrected chi connectivity index (χ2v) is 5.09. The Balaban J connectivity index is 2.00. The number of H-pyrrole nitrogens is 1. The summed E-state index contributed by atoms with van der Waals surface area (Å²) in [5, 5.41) is 0.666. The van der Waals surface area contributed by atoms with Crippen molar-refractivity contribution in [2.75, 3.05) is 0 Å². The molecule has 0 aliphatic carbocycles. The van der Waals surface area contributed by atoms with E-state index in [9.17, 15) is 4.79 Å². The molecule has 0 bridgehead atoms. The number of furan rings is 2. The molecule has 1 N–H and O–H groups in total. The third-order valence-corrected chi connectivity index (χ3v) is 3.71. The molecule has 0 spiro atoms. The van der Waals surface area contributed by atoms with E-state index in [0.29, 0.717) is 28.8 Å². The van der Waals surface area contributed by atoms with Crippen molar-refractivity contribution in [2.45, 2.75) is 6.42 Å². The highest BCUT2D eigenvalue weighted by molar-refractivity contribution is 5.82. The molecule has 0 aliphatic rings. The van der Waals surface area contributed by atoms with Gasteiger partial charge in [-0.15, -0.1) is 0 Å². The number of para-hydroxylation sites is 1. The number of aromatic nitrogens is 1. The van der Waals surface area contributed by atoms with Gasteiger partial charge in [-0.3, -0.25) is 4.79 Å². The predicted molar refractivity (Wildman–Crippen MR) is 83.8 cm³/mol. The summed E-state index contributed by atoms with van der Waals surface area (Å²) in [4.78, 5) is 16.2. The number of pyridine rings is 1. The largest absolute Gasteiger partial charge is 0.469 e. The monoisotopic (exact) mass is 291 g/mol. The van der Waals surface area contributed by atoms with Gasteiger partial charge in [0.05, 0.1) is 18.2 Å². The Morgan fingerprint density at radius 3 is 2.50 bits per heavy atom. The summed E-state index contributed by atoms with van der Waals surface area (Å²) in [6.45, 7) is 0. The Labute approximate surface area is 126 Å². The third kappa shape index (κ3) is 2.05. The van der Waals surface area contributed by atoms with Gasteiger partial charge in [-0.2, -0.15) is 0 Å². The molecule has 4 nitrogen and oxygen atoms in total. The molecular formula is C18H13NO3. The lowest BCUT2D eigenvalue weighted by atomic mass is 10.0. The van der Waals surface area contributed by atoms with E-state index in [1.807, 2.05) is 42.5 Å². The highest BCUT2D eigenvalue weighted by Gasteiger charge is 2.16. The highest BCUT2D eigenvalue weighted by atomic mass is 16.3. The van der Waals surface area contributed by atoms with Crippen LogP contribution in [-0.2, 0) is 6.42 Å². The topological polar surface area (TPSA) is 59.1 Å². The molecule has 0 atom stereocenters. The average molecular weight is 291 g/mol. The maximum absolute atomic E-state index is 12.9. The fraction of sp³-hybridized carbons (Fsp3) is 0.0556. The van der Waals surface area contributed by atoms with Crippen LogP contribution in [-0.4, -0.2) is 4.98 Å². The van der Waals surface area contributed by atoms with Gasteiger partial charge in [-0.25, -0.2) is 0 Å². The number of rotatable bonds is 3. The van der Waals surface area contributed by atoms with Crippen LogP contribution >= 0.6 is 0 Å². The van der Waals surface area contributed by atoms with Gasteiger partial charge < -0.3 is 13.8 Å². The summed E-state index contributed by atoms with van der Waals surface area (Å²) < 4.78 is 10.9. The van der Waals surface area contributed by atoms with Gasteiger partial charge >= 0.3 is 0 Å². The smallest absolute Gasteiger partial charge is 0.193 e. The van der Waals surface area contributed by atoms with Crippen molar-refractivity contribution in [2.24, 2.45) is 0 Å². The average Bonchev–Trinajstić information content (AvgIpc) is 3.23. The van der Waals surface area contributed by atoms with Crippen molar-refractivity contribution >= 4 is 10.9 Å². The van der Waals surface area contributed by atoms with Crippen LogP contribution in [0.2, 0.25) is 0 Å². The van der Waals surface area contributed by atoms with Crippen LogP contribution < -0.4 is 5.43 Å². The molecule has 0 saturated carbocycles. The van der Waals surface area contributed by atoms with Crippen LogP contribution in [0.1, 0.15) is 11.3 Å². The lowest BCUT2D eigenvalue weighted by Crippen LogP contribution is -2.13. The van der Waals surface area contributed by atoms with E-state index in [2.05, 4.69) is 4.98 Å². The third-order valence-electron chi connectivity index (χ3n) is 3.71. The maximum atomic E-state index is 12.9. The molecule has 3 heterocycles. The van der Waals surface area contributed by atoms with Gasteiger partial charge in [0.25, 0.3) is 0 Å². The maximum Gasteiger partial charge on any atom is 0.193 e. The predicted octanol–water partition coefficient (Wildman–Crippen LogP) is 3.97. The number of hydrogen-bond acceptors (Lipinski definition) is 3. The molecule has 0 fully saturated rings. The number of benzene rings is 1. The van der Waals surface area contributed by atoms with Crippen LogP contribution in [0, 0.1) is 0 Å². The van der Waals surface area contributed by atoms with Gasteiger partial charge in [0, 0.05) is 22.9 Å². The fourth-order valence-corrected chi connectivity index (χ4v) is 2.66. The standard InChI is InChI=1S/C18H13NO3/c20-18-13-6-1-2-7-15(13)19-17(16-8-4-10-22-16)14(18)11-12-5-3-9-21-12/h1-10H,11H2,(H,19,20). The van der Waals surface area contributed by atoms with Crippen LogP contribution in [0.4, 0.5) is 0 Å². The lowest BCUT2D eigenvalue weighted by Gasteiger charge is -2.08. The quantitative estimate of drug-likeness (QED) is 0.621. The summed E-state index contributed by atoms with van der Waals surface area (Å²) in [5.41, 5.74) is 2.13. The van der Waals surface area contributed by atoms with Gasteiger partial charge in [0.1, 0.15) is 5.76 Å². The fourth-order valence-electron chi connectivity index (χ4n) is 2.66. The SMILES string of the molecule is O=c1c(Cc2ccco2)c(-c2ccco2)[nH]c2ccccc12. The molecule has 0 unspecified atom stereocenters. The van der Waals surface area contributed by atoms with Gasteiger partial charge in [0.2, 0.25) is 0 Å². The molecule has 0 radical (unpaired) electrons. The molecule has 0 aliphatic heterocycles. The van der Waals surface area contributed by atoms with E-state index >= 15 is 0 Å². The number of aromatic amines is 1. The van der Waals surface area contributed by atoms with Gasteiger partial charge in [0.15, 0.2) is 11.2 Å². The minimum Gasteiger partial charge on any atom is -0.469 e. The number of nitrogens with one attached hydrogen (secondary N) is 1.